The van der Waals surface area contributed by atoms with E-state index in [2.05, 4.69) is 21.8 Å². The number of benzene rings is 2. The summed E-state index contributed by atoms with van der Waals surface area (Å²) >= 11 is 6.37. The number of imidazole rings is 1. The zero-order valence-electron chi connectivity index (χ0n) is 17.2. The molecule has 1 unspecified atom stereocenters. The number of para-hydroxylation sites is 1. The predicted octanol–water partition coefficient (Wildman–Crippen LogP) is 4.46. The van der Waals surface area contributed by atoms with Crippen molar-refractivity contribution in [3.63, 3.8) is 0 Å². The number of nitrogens with zero attached hydrogens (tertiary/aromatic N) is 4. The van der Waals surface area contributed by atoms with Crippen molar-refractivity contribution < 1.29 is 14.6 Å². The highest BCUT2D eigenvalue weighted by molar-refractivity contribution is 6.35. The summed E-state index contributed by atoms with van der Waals surface area (Å²) in [7, 11) is 0. The maximum atomic E-state index is 12.1. The quantitative estimate of drug-likeness (QED) is 0.510. The number of carbonyl (C=O) groups is 1. The van der Waals surface area contributed by atoms with Gasteiger partial charge < -0.3 is 14.7 Å². The molecule has 3 heterocycles. The van der Waals surface area contributed by atoms with Crippen LogP contribution in [0.2, 0.25) is 5.02 Å². The van der Waals surface area contributed by atoms with Crippen LogP contribution in [0.1, 0.15) is 23.1 Å². The number of carboxylic acid groups (broad SMARTS) is 1. The molecule has 7 nitrogen and oxygen atoms in total. The Morgan fingerprint density at radius 1 is 1.26 bits per heavy atom. The van der Waals surface area contributed by atoms with Crippen molar-refractivity contribution in [1.29, 1.82) is 0 Å². The van der Waals surface area contributed by atoms with Gasteiger partial charge in [0.1, 0.15) is 11.3 Å². The fraction of sp³-hybridized carbons (Fsp3) is 0.261. The smallest absolute Gasteiger partial charge is 0.338 e. The minimum atomic E-state index is -1.000. The molecular formula is C23H21ClN4O3. The highest BCUT2D eigenvalue weighted by atomic mass is 35.5. The lowest BCUT2D eigenvalue weighted by molar-refractivity contribution is 0.0698. The molecule has 158 valence electrons. The first-order valence-corrected chi connectivity index (χ1v) is 10.5. The van der Waals surface area contributed by atoms with Gasteiger partial charge in [0, 0.05) is 29.9 Å². The van der Waals surface area contributed by atoms with Crippen LogP contribution in [0.5, 0.6) is 0 Å². The second kappa shape index (κ2) is 7.51. The van der Waals surface area contributed by atoms with Gasteiger partial charge in [-0.05, 0) is 38.1 Å². The van der Waals surface area contributed by atoms with Crippen molar-refractivity contribution in [3.8, 4) is 5.69 Å². The topological polar surface area (TPSA) is 80.5 Å². The Morgan fingerprint density at radius 2 is 2.10 bits per heavy atom. The molecule has 1 saturated heterocycles. The van der Waals surface area contributed by atoms with E-state index in [0.29, 0.717) is 41.6 Å². The first-order chi connectivity index (χ1) is 15.0. The number of carboxylic acids is 1. The maximum absolute atomic E-state index is 12.1. The van der Waals surface area contributed by atoms with Gasteiger partial charge in [0.15, 0.2) is 0 Å². The van der Waals surface area contributed by atoms with Crippen LogP contribution in [0.25, 0.3) is 27.6 Å². The molecule has 31 heavy (non-hydrogen) atoms. The van der Waals surface area contributed by atoms with Gasteiger partial charge in [0.05, 0.1) is 40.5 Å². The number of morpholine rings is 1. The molecule has 0 radical (unpaired) electrons. The minimum Gasteiger partial charge on any atom is -0.478 e. The van der Waals surface area contributed by atoms with E-state index in [0.717, 1.165) is 22.3 Å². The number of anilines is 1. The Labute approximate surface area is 183 Å². The number of pyridine rings is 1. The molecule has 1 fully saturated rings. The molecule has 0 spiro atoms. The molecule has 0 saturated carbocycles. The molecule has 0 aliphatic carbocycles. The average molecular weight is 437 g/mol. The van der Waals surface area contributed by atoms with Crippen molar-refractivity contribution in [1.82, 2.24) is 14.5 Å². The Bertz CT molecular complexity index is 1330. The molecule has 2 aromatic carbocycles. The summed E-state index contributed by atoms with van der Waals surface area (Å²) in [5.74, 6) is -0.308. The fourth-order valence-electron chi connectivity index (χ4n) is 4.34. The second-order valence-corrected chi connectivity index (χ2v) is 8.15. The van der Waals surface area contributed by atoms with Gasteiger partial charge in [0.25, 0.3) is 0 Å². The number of ether oxygens (including phenoxy) is 1. The SMILES string of the molecule is Cc1nc2c(C(=O)O)cc(N3CCOCC3C)cc2n1-c1ccnc2c(Cl)cccc12. The molecule has 4 aromatic rings. The number of halogens is 1. The second-order valence-electron chi connectivity index (χ2n) is 7.74. The van der Waals surface area contributed by atoms with Crippen molar-refractivity contribution >= 4 is 45.2 Å². The van der Waals surface area contributed by atoms with Crippen LogP contribution in [0, 0.1) is 6.92 Å². The molecule has 1 aliphatic heterocycles. The first kappa shape index (κ1) is 19.8. The van der Waals surface area contributed by atoms with Gasteiger partial charge in [-0.15, -0.1) is 0 Å². The third kappa shape index (κ3) is 3.21. The molecule has 2 aromatic heterocycles. The van der Waals surface area contributed by atoms with Crippen LogP contribution in [-0.2, 0) is 4.74 Å². The molecule has 5 rings (SSSR count). The number of hydrogen-bond donors (Lipinski definition) is 1. The van der Waals surface area contributed by atoms with E-state index in [9.17, 15) is 9.90 Å². The number of aryl methyl sites for hydroxylation is 1. The third-order valence-corrected chi connectivity index (χ3v) is 6.09. The summed E-state index contributed by atoms with van der Waals surface area (Å²) in [5.41, 5.74) is 3.78. The standard InChI is InChI=1S/C23H21ClN4O3/c1-13-12-31-9-8-27(13)15-10-17(23(29)30)22-20(11-15)28(14(2)26-22)19-6-7-25-21-16(19)4-3-5-18(21)24/h3-7,10-11,13H,8-9,12H2,1-2H3,(H,29,30). The third-order valence-electron chi connectivity index (χ3n) is 5.78. The van der Waals surface area contributed by atoms with E-state index in [-0.39, 0.29) is 11.6 Å². The van der Waals surface area contributed by atoms with E-state index < -0.39 is 5.97 Å². The summed E-state index contributed by atoms with van der Waals surface area (Å²) in [6.45, 7) is 5.86. The van der Waals surface area contributed by atoms with Crippen molar-refractivity contribution in [2.75, 3.05) is 24.7 Å². The Hall–Kier alpha value is -3.16. The molecule has 1 N–H and O–H groups in total. The number of rotatable bonds is 3. The summed E-state index contributed by atoms with van der Waals surface area (Å²) in [5, 5.41) is 11.4. The summed E-state index contributed by atoms with van der Waals surface area (Å²) < 4.78 is 7.54. The highest BCUT2D eigenvalue weighted by Crippen LogP contribution is 2.34. The molecule has 1 atom stereocenters. The number of fused-ring (bicyclic) bond motifs is 2. The lowest BCUT2D eigenvalue weighted by Crippen LogP contribution is -2.43. The molecule has 1 aliphatic rings. The number of aromatic carboxylic acids is 1. The van der Waals surface area contributed by atoms with Crippen molar-refractivity contribution in [3.05, 3.63) is 59.0 Å². The number of aromatic nitrogens is 3. The van der Waals surface area contributed by atoms with Gasteiger partial charge in [-0.3, -0.25) is 9.55 Å². The molecule has 0 bridgehead atoms. The molecule has 8 heteroatoms. The lowest BCUT2D eigenvalue weighted by Gasteiger charge is -2.35. The normalized spacial score (nSPS) is 16.9. The Kier molecular flexibility index (Phi) is 4.79. The first-order valence-electron chi connectivity index (χ1n) is 10.1. The van der Waals surface area contributed by atoms with E-state index in [1.165, 1.54) is 0 Å². The highest BCUT2D eigenvalue weighted by Gasteiger charge is 2.24. The van der Waals surface area contributed by atoms with Crippen LogP contribution < -0.4 is 4.90 Å². The fourth-order valence-corrected chi connectivity index (χ4v) is 4.57. The van der Waals surface area contributed by atoms with Gasteiger partial charge in [-0.25, -0.2) is 9.78 Å². The molecule has 0 amide bonds. The van der Waals surface area contributed by atoms with Crippen LogP contribution in [0.3, 0.4) is 0 Å². The maximum Gasteiger partial charge on any atom is 0.338 e. The Balaban J connectivity index is 1.82. The summed E-state index contributed by atoms with van der Waals surface area (Å²) in [4.78, 5) is 23.4. The van der Waals surface area contributed by atoms with Crippen molar-refractivity contribution in [2.45, 2.75) is 19.9 Å². The summed E-state index contributed by atoms with van der Waals surface area (Å²) in [6.07, 6.45) is 1.71. The predicted molar refractivity (Wildman–Crippen MR) is 121 cm³/mol. The van der Waals surface area contributed by atoms with E-state index in [4.69, 9.17) is 16.3 Å². The van der Waals surface area contributed by atoms with Crippen LogP contribution >= 0.6 is 11.6 Å². The van der Waals surface area contributed by atoms with Crippen LogP contribution in [0.4, 0.5) is 5.69 Å². The summed E-state index contributed by atoms with van der Waals surface area (Å²) in [6, 6.07) is 11.4. The van der Waals surface area contributed by atoms with Gasteiger partial charge in [-0.2, -0.15) is 0 Å². The van der Waals surface area contributed by atoms with Crippen molar-refractivity contribution in [2.24, 2.45) is 0 Å². The van der Waals surface area contributed by atoms with Crippen LogP contribution in [0.15, 0.2) is 42.6 Å². The Morgan fingerprint density at radius 3 is 2.87 bits per heavy atom. The average Bonchev–Trinajstić information content (AvgIpc) is 3.08. The monoisotopic (exact) mass is 436 g/mol. The number of hydrogen-bond acceptors (Lipinski definition) is 5. The van der Waals surface area contributed by atoms with Gasteiger partial charge in [-0.1, -0.05) is 23.7 Å². The van der Waals surface area contributed by atoms with Gasteiger partial charge >= 0.3 is 5.97 Å². The molecular weight excluding hydrogens is 416 g/mol. The van der Waals surface area contributed by atoms with Gasteiger partial charge in [0.2, 0.25) is 0 Å². The van der Waals surface area contributed by atoms with Crippen LogP contribution in [-0.4, -0.2) is 51.4 Å². The zero-order valence-corrected chi connectivity index (χ0v) is 17.9. The largest absolute Gasteiger partial charge is 0.478 e. The minimum absolute atomic E-state index is 0.144. The zero-order chi connectivity index (χ0) is 21.7. The van der Waals surface area contributed by atoms with E-state index >= 15 is 0 Å². The van der Waals surface area contributed by atoms with E-state index in [1.807, 2.05) is 35.8 Å². The lowest BCUT2D eigenvalue weighted by atomic mass is 10.1. The van der Waals surface area contributed by atoms with E-state index in [1.54, 1.807) is 18.3 Å².